The molecule has 1 rings (SSSR count). The maximum atomic E-state index is 5.70. The lowest BCUT2D eigenvalue weighted by Crippen LogP contribution is -2.18. The minimum Gasteiger partial charge on any atom is -0.463 e. The van der Waals surface area contributed by atoms with Crippen LogP contribution in [0.3, 0.4) is 0 Å². The molecule has 0 radical (unpaired) electrons. The predicted octanol–water partition coefficient (Wildman–Crippen LogP) is 2.62. The van der Waals surface area contributed by atoms with Crippen LogP contribution in [0.25, 0.3) is 0 Å². The molecule has 0 atom stereocenters. The summed E-state index contributed by atoms with van der Waals surface area (Å²) in [6, 6.07) is 4.12. The number of hydrogen-bond acceptors (Lipinski definition) is 3. The monoisotopic (exact) mass is 224 g/mol. The van der Waals surface area contributed by atoms with Gasteiger partial charge in [0.05, 0.1) is 13.1 Å². The average Bonchev–Trinajstić information content (AvgIpc) is 2.66. The number of rotatable bonds is 8. The normalized spacial score (nSPS) is 11.2. The Bertz CT molecular complexity index is 283. The number of unbranched alkanes of at least 4 members (excludes halogenated alkanes) is 2. The highest BCUT2D eigenvalue weighted by Crippen LogP contribution is 2.10. The molecule has 0 spiro atoms. The molecular weight excluding hydrogens is 200 g/mol. The Hall–Kier alpha value is -0.800. The van der Waals surface area contributed by atoms with Gasteiger partial charge < -0.3 is 9.73 Å². The van der Waals surface area contributed by atoms with E-state index >= 15 is 0 Å². The van der Waals surface area contributed by atoms with Crippen LogP contribution in [-0.2, 0) is 13.1 Å². The first-order chi connectivity index (χ1) is 7.76. The van der Waals surface area contributed by atoms with E-state index in [9.17, 15) is 0 Å². The van der Waals surface area contributed by atoms with Gasteiger partial charge in [0.2, 0.25) is 0 Å². The molecular formula is C13H24N2O. The Morgan fingerprint density at radius 3 is 2.69 bits per heavy atom. The van der Waals surface area contributed by atoms with Crippen LogP contribution >= 0.6 is 0 Å². The molecule has 0 saturated heterocycles. The van der Waals surface area contributed by atoms with Crippen LogP contribution < -0.4 is 5.32 Å². The van der Waals surface area contributed by atoms with Gasteiger partial charge in [-0.25, -0.2) is 0 Å². The van der Waals surface area contributed by atoms with Crippen LogP contribution in [0.1, 0.15) is 37.7 Å². The zero-order valence-electron chi connectivity index (χ0n) is 10.8. The first kappa shape index (κ1) is 13.3. The van der Waals surface area contributed by atoms with Gasteiger partial charge in [0, 0.05) is 0 Å². The highest BCUT2D eigenvalue weighted by Gasteiger charge is 2.04. The molecule has 0 aliphatic heterocycles. The van der Waals surface area contributed by atoms with Gasteiger partial charge in [0.1, 0.15) is 11.5 Å². The standard InChI is InChI=1S/C13H24N2O/c1-4-5-6-9-15(3)11-13-8-7-12(16-13)10-14-2/h7-8,14H,4-6,9-11H2,1-3H3. The first-order valence-corrected chi connectivity index (χ1v) is 6.17. The third-order valence-corrected chi connectivity index (χ3v) is 2.64. The largest absolute Gasteiger partial charge is 0.463 e. The summed E-state index contributed by atoms with van der Waals surface area (Å²) in [6.07, 6.45) is 3.87. The molecule has 3 heteroatoms. The van der Waals surface area contributed by atoms with E-state index in [-0.39, 0.29) is 0 Å². The van der Waals surface area contributed by atoms with Gasteiger partial charge in [0.25, 0.3) is 0 Å². The minimum absolute atomic E-state index is 0.805. The summed E-state index contributed by atoms with van der Waals surface area (Å²) in [7, 11) is 4.08. The van der Waals surface area contributed by atoms with Crippen LogP contribution in [0, 0.1) is 0 Å². The summed E-state index contributed by atoms with van der Waals surface area (Å²) in [5, 5.41) is 3.09. The van der Waals surface area contributed by atoms with Crippen LogP contribution in [0.4, 0.5) is 0 Å². The minimum atomic E-state index is 0.805. The Balaban J connectivity index is 2.28. The van der Waals surface area contributed by atoms with Crippen molar-refractivity contribution in [2.45, 2.75) is 39.3 Å². The summed E-state index contributed by atoms with van der Waals surface area (Å²) >= 11 is 0. The van der Waals surface area contributed by atoms with Crippen molar-refractivity contribution in [3.8, 4) is 0 Å². The summed E-state index contributed by atoms with van der Waals surface area (Å²) in [5.74, 6) is 2.07. The second kappa shape index (κ2) is 7.47. The molecule has 0 bridgehead atoms. The zero-order chi connectivity index (χ0) is 11.8. The van der Waals surface area contributed by atoms with E-state index in [1.54, 1.807) is 0 Å². The molecule has 3 nitrogen and oxygen atoms in total. The summed E-state index contributed by atoms with van der Waals surface area (Å²) in [6.45, 7) is 5.10. The fourth-order valence-electron chi connectivity index (χ4n) is 1.75. The van der Waals surface area contributed by atoms with E-state index in [1.807, 2.05) is 13.1 Å². The quantitative estimate of drug-likeness (QED) is 0.688. The van der Waals surface area contributed by atoms with Crippen molar-refractivity contribution < 1.29 is 4.42 Å². The van der Waals surface area contributed by atoms with Crippen molar-refractivity contribution in [2.24, 2.45) is 0 Å². The maximum Gasteiger partial charge on any atom is 0.118 e. The first-order valence-electron chi connectivity index (χ1n) is 6.17. The van der Waals surface area contributed by atoms with E-state index in [0.29, 0.717) is 0 Å². The second-order valence-corrected chi connectivity index (χ2v) is 4.34. The molecule has 0 aliphatic carbocycles. The number of nitrogens with zero attached hydrogens (tertiary/aromatic N) is 1. The van der Waals surface area contributed by atoms with Crippen molar-refractivity contribution >= 4 is 0 Å². The van der Waals surface area contributed by atoms with Crippen LogP contribution in [-0.4, -0.2) is 25.5 Å². The lowest BCUT2D eigenvalue weighted by atomic mass is 10.2. The fourth-order valence-corrected chi connectivity index (χ4v) is 1.75. The smallest absolute Gasteiger partial charge is 0.118 e. The van der Waals surface area contributed by atoms with Gasteiger partial charge in [-0.3, -0.25) is 4.90 Å². The second-order valence-electron chi connectivity index (χ2n) is 4.34. The molecule has 0 saturated carbocycles. The third-order valence-electron chi connectivity index (χ3n) is 2.64. The Kier molecular flexibility index (Phi) is 6.19. The van der Waals surface area contributed by atoms with Crippen molar-refractivity contribution in [3.05, 3.63) is 23.7 Å². The van der Waals surface area contributed by atoms with Gasteiger partial charge in [-0.2, -0.15) is 0 Å². The van der Waals surface area contributed by atoms with Crippen molar-refractivity contribution in [3.63, 3.8) is 0 Å². The highest BCUT2D eigenvalue weighted by molar-refractivity contribution is 5.06. The van der Waals surface area contributed by atoms with Crippen molar-refractivity contribution in [1.82, 2.24) is 10.2 Å². The van der Waals surface area contributed by atoms with Crippen LogP contribution in [0.2, 0.25) is 0 Å². The lowest BCUT2D eigenvalue weighted by Gasteiger charge is -2.14. The third kappa shape index (κ3) is 4.81. The lowest BCUT2D eigenvalue weighted by molar-refractivity contribution is 0.284. The van der Waals surface area contributed by atoms with Gasteiger partial charge in [0.15, 0.2) is 0 Å². The number of hydrogen-bond donors (Lipinski definition) is 1. The number of nitrogens with one attached hydrogen (secondary N) is 1. The summed E-state index contributed by atoms with van der Waals surface area (Å²) < 4.78 is 5.70. The predicted molar refractivity (Wildman–Crippen MR) is 67.3 cm³/mol. The van der Waals surface area contributed by atoms with Crippen molar-refractivity contribution in [2.75, 3.05) is 20.6 Å². The molecule has 0 fully saturated rings. The molecule has 1 heterocycles. The fraction of sp³-hybridized carbons (Fsp3) is 0.692. The van der Waals surface area contributed by atoms with Gasteiger partial charge in [-0.15, -0.1) is 0 Å². The van der Waals surface area contributed by atoms with E-state index in [4.69, 9.17) is 4.42 Å². The molecule has 1 aromatic heterocycles. The van der Waals surface area contributed by atoms with Gasteiger partial charge in [-0.1, -0.05) is 19.8 Å². The molecule has 0 aromatic carbocycles. The highest BCUT2D eigenvalue weighted by atomic mass is 16.3. The van der Waals surface area contributed by atoms with E-state index in [0.717, 1.165) is 31.2 Å². The van der Waals surface area contributed by atoms with Crippen molar-refractivity contribution in [1.29, 1.82) is 0 Å². The Morgan fingerprint density at radius 2 is 2.00 bits per heavy atom. The summed E-state index contributed by atoms with van der Waals surface area (Å²) in [4.78, 5) is 2.32. The SMILES string of the molecule is CCCCCN(C)Cc1ccc(CNC)o1. The van der Waals surface area contributed by atoms with Gasteiger partial charge >= 0.3 is 0 Å². The van der Waals surface area contributed by atoms with E-state index in [1.165, 1.54) is 19.3 Å². The van der Waals surface area contributed by atoms with Gasteiger partial charge in [-0.05, 0) is 39.2 Å². The molecule has 0 aliphatic rings. The zero-order valence-corrected chi connectivity index (χ0v) is 10.8. The Morgan fingerprint density at radius 1 is 1.25 bits per heavy atom. The summed E-state index contributed by atoms with van der Waals surface area (Å²) in [5.41, 5.74) is 0. The van der Waals surface area contributed by atoms with Crippen LogP contribution in [0.15, 0.2) is 16.5 Å². The molecule has 16 heavy (non-hydrogen) atoms. The Labute approximate surface area is 98.8 Å². The number of furan rings is 1. The average molecular weight is 224 g/mol. The molecule has 1 N–H and O–H groups in total. The van der Waals surface area contributed by atoms with E-state index in [2.05, 4.69) is 30.3 Å². The van der Waals surface area contributed by atoms with Crippen LogP contribution in [0.5, 0.6) is 0 Å². The maximum absolute atomic E-state index is 5.70. The van der Waals surface area contributed by atoms with E-state index < -0.39 is 0 Å². The topological polar surface area (TPSA) is 28.4 Å². The molecule has 92 valence electrons. The molecule has 0 unspecified atom stereocenters. The molecule has 0 amide bonds. The molecule has 1 aromatic rings.